The van der Waals surface area contributed by atoms with E-state index >= 15 is 9.59 Å². The van der Waals surface area contributed by atoms with Gasteiger partial charge >= 0.3 is 5.97 Å². The summed E-state index contributed by atoms with van der Waals surface area (Å²) in [4.78, 5) is 60.8. The monoisotopic (exact) mass is 794 g/mol. The minimum absolute atomic E-state index is 0.0217. The number of cyclic esters (lactones) is 1. The summed E-state index contributed by atoms with van der Waals surface area (Å²) in [5.74, 6) is -4.13. The molecule has 54 heavy (non-hydrogen) atoms. The number of ether oxygens (including phenoxy) is 2. The summed E-state index contributed by atoms with van der Waals surface area (Å²) in [5.41, 5.74) is 1.32. The number of amides is 3. The lowest BCUT2D eigenvalue weighted by Gasteiger charge is -2.38. The molecule has 0 aliphatic carbocycles. The molecule has 14 heteroatoms. The van der Waals surface area contributed by atoms with E-state index in [4.69, 9.17) is 9.47 Å². The molecule has 2 saturated heterocycles. The third kappa shape index (κ3) is 6.41. The van der Waals surface area contributed by atoms with Crippen molar-refractivity contribution in [1.82, 2.24) is 30.1 Å². The molecule has 13 nitrogen and oxygen atoms in total. The van der Waals surface area contributed by atoms with Crippen LogP contribution in [0.15, 0.2) is 108 Å². The number of nitrogens with zero attached hydrogens (tertiary/aromatic N) is 5. The Labute approximate surface area is 319 Å². The number of allylic oxidation sites excluding steroid dienone is 1. The number of hydrogen-bond acceptors (Lipinski definition) is 9. The Bertz CT molecular complexity index is 2130. The predicted octanol–water partition coefficient (Wildman–Crippen LogP) is 3.44. The zero-order valence-electron chi connectivity index (χ0n) is 29.2. The zero-order chi connectivity index (χ0) is 37.4. The number of para-hydroxylation sites is 1. The molecule has 3 aromatic carbocycles. The van der Waals surface area contributed by atoms with E-state index in [0.29, 0.717) is 27.5 Å². The molecule has 1 aromatic heterocycles. The van der Waals surface area contributed by atoms with E-state index in [0.717, 1.165) is 5.56 Å². The van der Waals surface area contributed by atoms with Crippen molar-refractivity contribution in [3.8, 4) is 0 Å². The molecule has 0 unspecified atom stereocenters. The summed E-state index contributed by atoms with van der Waals surface area (Å²) in [6, 6.07) is 23.8. The minimum Gasteiger partial charge on any atom is -0.455 e. The molecular formula is C40H39BrN6O7. The SMILES string of the molecule is O=C1CC/C=C\CN(Cn2nnc3ccccc32)C(=O)[C@@H]2N([C@@H](CO)Cc3ccccc3)C(=O)[C@H]3[C@H](C(=O)O[C@H](c4ccccc4)CN1)[C@H]1O[C@@]23C=C1Br. The van der Waals surface area contributed by atoms with E-state index in [1.807, 2.05) is 97.1 Å². The minimum atomic E-state index is -1.57. The standard InChI is InChI=1S/C40H39BrN6O7/c41-28-21-40-34-33(35(28)54-40)39(52)53-31(26-14-6-2-7-15-26)22-42-32(49)18-8-3-11-19-45(24-46-30-17-10-9-16-29(30)43-44-46)38(51)36(40)47(37(34)50)27(23-48)20-25-12-4-1-5-13-25/h1-7,9-17,21,27,31,33-36,48H,8,18-20,22-24H2,(H,42,49)/b11-3-/t27-,31+,33+,34-,35+,36+,40-/m1/s1. The fourth-order valence-electron chi connectivity index (χ4n) is 8.25. The molecule has 278 valence electrons. The molecule has 7 atom stereocenters. The number of hydrogen-bond donors (Lipinski definition) is 2. The molecular weight excluding hydrogens is 756 g/mol. The predicted molar refractivity (Wildman–Crippen MR) is 199 cm³/mol. The van der Waals surface area contributed by atoms with Gasteiger partial charge in [-0.1, -0.05) is 106 Å². The normalized spacial score (nSPS) is 28.5. The average molecular weight is 796 g/mol. The van der Waals surface area contributed by atoms with Crippen LogP contribution < -0.4 is 5.32 Å². The van der Waals surface area contributed by atoms with Crippen LogP contribution in [0.1, 0.15) is 30.1 Å². The van der Waals surface area contributed by atoms with Crippen LogP contribution >= 0.6 is 15.9 Å². The maximum Gasteiger partial charge on any atom is 0.313 e. The number of esters is 1. The molecule has 4 aliphatic heterocycles. The van der Waals surface area contributed by atoms with Crippen molar-refractivity contribution in [3.05, 3.63) is 119 Å². The molecule has 3 amide bonds. The number of halogens is 1. The van der Waals surface area contributed by atoms with Crippen molar-refractivity contribution < 1.29 is 33.8 Å². The third-order valence-corrected chi connectivity index (χ3v) is 11.4. The fraction of sp³-hybridized carbons (Fsp3) is 0.350. The van der Waals surface area contributed by atoms with Gasteiger partial charge in [0.2, 0.25) is 11.8 Å². The van der Waals surface area contributed by atoms with Gasteiger partial charge in [-0.2, -0.15) is 0 Å². The Morgan fingerprint density at radius 1 is 0.944 bits per heavy atom. The van der Waals surface area contributed by atoms with Gasteiger partial charge in [-0.05, 0) is 42.2 Å². The number of fused-ring (bicyclic) bond motifs is 3. The number of aromatic nitrogens is 3. The summed E-state index contributed by atoms with van der Waals surface area (Å²) in [7, 11) is 0. The second kappa shape index (κ2) is 14.9. The van der Waals surface area contributed by atoms with Crippen molar-refractivity contribution >= 4 is 50.7 Å². The summed E-state index contributed by atoms with van der Waals surface area (Å²) in [6.07, 6.45) is 4.46. The summed E-state index contributed by atoms with van der Waals surface area (Å²) < 4.78 is 15.0. The zero-order valence-corrected chi connectivity index (χ0v) is 30.8. The van der Waals surface area contributed by atoms with E-state index in [9.17, 15) is 14.7 Å². The number of nitrogens with one attached hydrogen (secondary N) is 1. The van der Waals surface area contributed by atoms with Gasteiger partial charge in [0, 0.05) is 17.4 Å². The Kier molecular flexibility index (Phi) is 9.90. The second-order valence-corrected chi connectivity index (χ2v) is 14.9. The highest BCUT2D eigenvalue weighted by Gasteiger charge is 2.75. The highest BCUT2D eigenvalue weighted by molar-refractivity contribution is 9.11. The van der Waals surface area contributed by atoms with Crippen molar-refractivity contribution in [2.45, 2.75) is 55.8 Å². The van der Waals surface area contributed by atoms with Gasteiger partial charge in [0.1, 0.15) is 42.0 Å². The Hall–Kier alpha value is -5.18. The molecule has 8 rings (SSSR count). The van der Waals surface area contributed by atoms with Gasteiger partial charge in [0.25, 0.3) is 5.91 Å². The first-order valence-electron chi connectivity index (χ1n) is 18.1. The molecule has 2 fully saturated rings. The van der Waals surface area contributed by atoms with Gasteiger partial charge in [0.15, 0.2) is 0 Å². The smallest absolute Gasteiger partial charge is 0.313 e. The number of rotatable bonds is 7. The number of aliphatic hydroxyl groups excluding tert-OH is 1. The van der Waals surface area contributed by atoms with Gasteiger partial charge in [0.05, 0.1) is 30.6 Å². The van der Waals surface area contributed by atoms with Crippen LogP contribution in [0.3, 0.4) is 0 Å². The molecule has 4 aliphatic rings. The topological polar surface area (TPSA) is 156 Å². The summed E-state index contributed by atoms with van der Waals surface area (Å²) >= 11 is 3.62. The Morgan fingerprint density at radius 2 is 1.69 bits per heavy atom. The third-order valence-electron chi connectivity index (χ3n) is 10.8. The molecule has 5 heterocycles. The lowest BCUT2D eigenvalue weighted by molar-refractivity contribution is -0.160. The number of carbonyl (C=O) groups excluding carboxylic acids is 4. The van der Waals surface area contributed by atoms with Crippen LogP contribution in [0.2, 0.25) is 0 Å². The first-order chi connectivity index (χ1) is 26.3. The lowest BCUT2D eigenvalue weighted by Crippen LogP contribution is -2.59. The maximum atomic E-state index is 15.3. The van der Waals surface area contributed by atoms with Crippen LogP contribution in [0.25, 0.3) is 11.0 Å². The van der Waals surface area contributed by atoms with Gasteiger partial charge in [-0.25, -0.2) is 4.68 Å². The summed E-state index contributed by atoms with van der Waals surface area (Å²) in [6.45, 7) is -0.343. The largest absolute Gasteiger partial charge is 0.455 e. The van der Waals surface area contributed by atoms with E-state index < -0.39 is 66.1 Å². The number of benzene rings is 3. The van der Waals surface area contributed by atoms with Gasteiger partial charge in [-0.3, -0.25) is 19.2 Å². The number of carbonyl (C=O) groups is 4. The van der Waals surface area contributed by atoms with Crippen LogP contribution in [-0.4, -0.2) is 97.1 Å². The number of aliphatic hydroxyl groups is 1. The highest BCUT2D eigenvalue weighted by Crippen LogP contribution is 2.59. The van der Waals surface area contributed by atoms with Gasteiger partial charge < -0.3 is 29.7 Å². The highest BCUT2D eigenvalue weighted by atomic mass is 79.9. The average Bonchev–Trinajstić information content (AvgIpc) is 3.92. The molecule has 4 aromatic rings. The van der Waals surface area contributed by atoms with Crippen molar-refractivity contribution in [3.63, 3.8) is 0 Å². The molecule has 0 saturated carbocycles. The van der Waals surface area contributed by atoms with Gasteiger partial charge in [-0.15, -0.1) is 5.10 Å². The molecule has 2 N–H and O–H groups in total. The Balaban J connectivity index is 1.24. The fourth-order valence-corrected chi connectivity index (χ4v) is 8.99. The lowest BCUT2D eigenvalue weighted by atomic mass is 9.74. The maximum absolute atomic E-state index is 15.3. The molecule has 1 spiro atoms. The first-order valence-corrected chi connectivity index (χ1v) is 18.9. The summed E-state index contributed by atoms with van der Waals surface area (Å²) in [5, 5.41) is 22.5. The quantitative estimate of drug-likeness (QED) is 0.212. The van der Waals surface area contributed by atoms with Crippen LogP contribution in [0.4, 0.5) is 0 Å². The van der Waals surface area contributed by atoms with E-state index in [-0.39, 0.29) is 38.5 Å². The molecule has 5 bridgehead atoms. The van der Waals surface area contributed by atoms with Crippen molar-refractivity contribution in [2.24, 2.45) is 11.8 Å². The van der Waals surface area contributed by atoms with E-state index in [1.165, 1.54) is 4.90 Å². The first kappa shape index (κ1) is 35.8. The second-order valence-electron chi connectivity index (χ2n) is 14.0. The van der Waals surface area contributed by atoms with Crippen molar-refractivity contribution in [2.75, 3.05) is 19.7 Å². The van der Waals surface area contributed by atoms with E-state index in [2.05, 4.69) is 31.6 Å². The van der Waals surface area contributed by atoms with Crippen molar-refractivity contribution in [1.29, 1.82) is 0 Å². The number of likely N-dealkylation sites (tertiary alicyclic amines) is 1. The van der Waals surface area contributed by atoms with Crippen LogP contribution in [-0.2, 0) is 41.7 Å². The van der Waals surface area contributed by atoms with Crippen LogP contribution in [0.5, 0.6) is 0 Å². The Morgan fingerprint density at radius 3 is 2.46 bits per heavy atom. The molecule has 0 radical (unpaired) electrons. The van der Waals surface area contributed by atoms with Crippen LogP contribution in [0, 0.1) is 11.8 Å². The van der Waals surface area contributed by atoms with E-state index in [1.54, 1.807) is 15.7 Å².